The lowest BCUT2D eigenvalue weighted by Gasteiger charge is -2.02. The van der Waals surface area contributed by atoms with Crippen molar-refractivity contribution < 1.29 is 4.79 Å². The molecule has 2 rings (SSSR count). The fraction of sp³-hybridized carbons (Fsp3) is 0.417. The molecule has 0 atom stereocenters. The van der Waals surface area contributed by atoms with Crippen LogP contribution in [0.1, 0.15) is 36.0 Å². The van der Waals surface area contributed by atoms with Gasteiger partial charge in [0, 0.05) is 21.5 Å². The van der Waals surface area contributed by atoms with Crippen molar-refractivity contribution in [1.82, 2.24) is 0 Å². The van der Waals surface area contributed by atoms with Crippen LogP contribution in [0.15, 0.2) is 22.7 Å². The molecule has 0 bridgehead atoms. The highest BCUT2D eigenvalue weighted by atomic mass is 79.9. The van der Waals surface area contributed by atoms with Gasteiger partial charge in [-0.2, -0.15) is 0 Å². The van der Waals surface area contributed by atoms with Crippen molar-refractivity contribution in [3.63, 3.8) is 0 Å². The number of carbonyl (C=O) groups excluding carboxylic acids is 1. The number of benzene rings is 1. The molecule has 0 saturated heterocycles. The highest BCUT2D eigenvalue weighted by Crippen LogP contribution is 2.34. The van der Waals surface area contributed by atoms with E-state index in [2.05, 4.69) is 15.9 Å². The van der Waals surface area contributed by atoms with Crippen molar-refractivity contribution in [2.24, 2.45) is 5.92 Å². The molecule has 1 aliphatic rings. The van der Waals surface area contributed by atoms with E-state index in [4.69, 9.17) is 11.6 Å². The van der Waals surface area contributed by atoms with E-state index in [1.165, 1.54) is 12.8 Å². The largest absolute Gasteiger partial charge is 0.294 e. The van der Waals surface area contributed by atoms with Gasteiger partial charge in [-0.1, -0.05) is 40.4 Å². The molecular formula is C12H12BrClO. The van der Waals surface area contributed by atoms with Crippen LogP contribution in [0, 0.1) is 5.92 Å². The van der Waals surface area contributed by atoms with Crippen LogP contribution in [0.5, 0.6) is 0 Å². The lowest BCUT2D eigenvalue weighted by atomic mass is 10.1. The molecule has 0 aromatic heterocycles. The number of halogens is 2. The third kappa shape index (κ3) is 3.32. The van der Waals surface area contributed by atoms with Crippen molar-refractivity contribution in [1.29, 1.82) is 0 Å². The molecule has 1 saturated carbocycles. The zero-order chi connectivity index (χ0) is 10.8. The van der Waals surface area contributed by atoms with Crippen LogP contribution in [-0.4, -0.2) is 5.78 Å². The normalized spacial score (nSPS) is 15.3. The monoisotopic (exact) mass is 286 g/mol. The van der Waals surface area contributed by atoms with Gasteiger partial charge >= 0.3 is 0 Å². The Morgan fingerprint density at radius 1 is 1.40 bits per heavy atom. The van der Waals surface area contributed by atoms with Crippen molar-refractivity contribution in [3.05, 3.63) is 33.3 Å². The summed E-state index contributed by atoms with van der Waals surface area (Å²) in [5.41, 5.74) is 0.718. The minimum absolute atomic E-state index is 0.199. The maximum absolute atomic E-state index is 11.8. The second-order valence-corrected chi connectivity index (χ2v) is 5.42. The molecule has 0 N–H and O–H groups in total. The van der Waals surface area contributed by atoms with Crippen molar-refractivity contribution in [2.45, 2.75) is 25.7 Å². The molecule has 0 unspecified atom stereocenters. The second-order valence-electron chi connectivity index (χ2n) is 4.06. The highest BCUT2D eigenvalue weighted by molar-refractivity contribution is 9.10. The summed E-state index contributed by atoms with van der Waals surface area (Å²) >= 11 is 9.22. The molecule has 1 fully saturated rings. The van der Waals surface area contributed by atoms with E-state index in [9.17, 15) is 4.79 Å². The molecule has 0 heterocycles. The minimum atomic E-state index is 0.199. The van der Waals surface area contributed by atoms with Crippen LogP contribution in [-0.2, 0) is 0 Å². The van der Waals surface area contributed by atoms with Crippen molar-refractivity contribution >= 4 is 33.3 Å². The summed E-state index contributed by atoms with van der Waals surface area (Å²) in [6.45, 7) is 0. The summed E-state index contributed by atoms with van der Waals surface area (Å²) in [5, 5.41) is 0.610. The van der Waals surface area contributed by atoms with Gasteiger partial charge in [0.1, 0.15) is 0 Å². The van der Waals surface area contributed by atoms with Gasteiger partial charge < -0.3 is 0 Å². The number of hydrogen-bond donors (Lipinski definition) is 0. The molecule has 3 heteroatoms. The summed E-state index contributed by atoms with van der Waals surface area (Å²) in [6, 6.07) is 5.36. The maximum Gasteiger partial charge on any atom is 0.162 e. The minimum Gasteiger partial charge on any atom is -0.294 e. The zero-order valence-electron chi connectivity index (χ0n) is 8.30. The Hall–Kier alpha value is -0.340. The Balaban J connectivity index is 2.02. The van der Waals surface area contributed by atoms with Crippen LogP contribution < -0.4 is 0 Å². The topological polar surface area (TPSA) is 17.1 Å². The number of carbonyl (C=O) groups is 1. The van der Waals surface area contributed by atoms with Gasteiger partial charge in [-0.15, -0.1) is 0 Å². The van der Waals surface area contributed by atoms with E-state index < -0.39 is 0 Å². The first-order valence-electron chi connectivity index (χ1n) is 5.14. The van der Waals surface area contributed by atoms with Gasteiger partial charge in [-0.05, 0) is 30.5 Å². The third-order valence-corrected chi connectivity index (χ3v) is 3.34. The molecule has 15 heavy (non-hydrogen) atoms. The van der Waals surface area contributed by atoms with Gasteiger partial charge in [0.15, 0.2) is 5.78 Å². The number of Topliss-reactive ketones (excluding diaryl/α,β-unsaturated/α-hetero) is 1. The Labute approximate surface area is 103 Å². The van der Waals surface area contributed by atoms with E-state index in [0.29, 0.717) is 11.4 Å². The summed E-state index contributed by atoms with van der Waals surface area (Å²) < 4.78 is 0.866. The van der Waals surface area contributed by atoms with E-state index in [1.807, 2.05) is 6.07 Å². The number of hydrogen-bond acceptors (Lipinski definition) is 1. The predicted molar refractivity (Wildman–Crippen MR) is 65.4 cm³/mol. The van der Waals surface area contributed by atoms with Crippen molar-refractivity contribution in [3.8, 4) is 0 Å². The van der Waals surface area contributed by atoms with Crippen LogP contribution in [0.2, 0.25) is 5.02 Å². The SMILES string of the molecule is O=C(CCC1CC1)c1cc(Cl)cc(Br)c1. The molecule has 1 aromatic carbocycles. The van der Waals surface area contributed by atoms with Crippen molar-refractivity contribution in [2.75, 3.05) is 0 Å². The Morgan fingerprint density at radius 3 is 2.73 bits per heavy atom. The smallest absolute Gasteiger partial charge is 0.162 e. The van der Waals surface area contributed by atoms with Crippen LogP contribution in [0.25, 0.3) is 0 Å². The molecule has 0 aliphatic heterocycles. The second kappa shape index (κ2) is 4.67. The number of ketones is 1. The molecule has 0 amide bonds. The highest BCUT2D eigenvalue weighted by Gasteiger charge is 2.22. The predicted octanol–water partition coefficient (Wildman–Crippen LogP) is 4.48. The van der Waals surface area contributed by atoms with Crippen LogP contribution >= 0.6 is 27.5 Å². The third-order valence-electron chi connectivity index (χ3n) is 2.66. The van der Waals surface area contributed by atoms with Gasteiger partial charge in [-0.3, -0.25) is 4.79 Å². The lowest BCUT2D eigenvalue weighted by Crippen LogP contribution is -1.99. The Kier molecular flexibility index (Phi) is 3.47. The summed E-state index contributed by atoms with van der Waals surface area (Å²) in [7, 11) is 0. The quantitative estimate of drug-likeness (QED) is 0.746. The fourth-order valence-corrected chi connectivity index (χ4v) is 2.46. The average molecular weight is 288 g/mol. The van der Waals surface area contributed by atoms with Crippen LogP contribution in [0.4, 0.5) is 0 Å². The first kappa shape index (κ1) is 11.2. The fourth-order valence-electron chi connectivity index (χ4n) is 1.60. The first-order chi connectivity index (χ1) is 7.15. The molecule has 1 nitrogen and oxygen atoms in total. The Morgan fingerprint density at radius 2 is 2.13 bits per heavy atom. The van der Waals surface area contributed by atoms with Gasteiger partial charge in [0.05, 0.1) is 0 Å². The summed E-state index contributed by atoms with van der Waals surface area (Å²) in [6.07, 6.45) is 4.28. The van der Waals surface area contributed by atoms with E-state index in [-0.39, 0.29) is 5.78 Å². The average Bonchev–Trinajstić information content (AvgIpc) is 2.96. The van der Waals surface area contributed by atoms with E-state index in [0.717, 1.165) is 22.4 Å². The molecule has 1 aliphatic carbocycles. The first-order valence-corrected chi connectivity index (χ1v) is 6.31. The standard InChI is InChI=1S/C12H12BrClO/c13-10-5-9(6-11(14)7-10)12(15)4-3-8-1-2-8/h5-8H,1-4H2. The molecule has 1 aromatic rings. The zero-order valence-corrected chi connectivity index (χ0v) is 10.6. The summed E-state index contributed by atoms with van der Waals surface area (Å²) in [5.74, 6) is 1.00. The lowest BCUT2D eigenvalue weighted by molar-refractivity contribution is 0.0978. The Bertz CT molecular complexity index is 365. The summed E-state index contributed by atoms with van der Waals surface area (Å²) in [4.78, 5) is 11.8. The molecule has 0 radical (unpaired) electrons. The van der Waals surface area contributed by atoms with Gasteiger partial charge in [-0.25, -0.2) is 0 Å². The van der Waals surface area contributed by atoms with Gasteiger partial charge in [0.2, 0.25) is 0 Å². The van der Waals surface area contributed by atoms with E-state index in [1.54, 1.807) is 12.1 Å². The number of rotatable bonds is 4. The maximum atomic E-state index is 11.8. The van der Waals surface area contributed by atoms with Gasteiger partial charge in [0.25, 0.3) is 0 Å². The molecule has 0 spiro atoms. The molecule has 80 valence electrons. The van der Waals surface area contributed by atoms with Crippen LogP contribution in [0.3, 0.4) is 0 Å². The van der Waals surface area contributed by atoms with E-state index >= 15 is 0 Å². The molecular weight excluding hydrogens is 275 g/mol.